The molecule has 1 fully saturated rings. The normalized spacial score (nSPS) is 14.7. The molecule has 0 aliphatic carbocycles. The summed E-state index contributed by atoms with van der Waals surface area (Å²) in [6.07, 6.45) is 0.499. The Hall–Kier alpha value is -3.15. The molecule has 0 aromatic heterocycles. The molecule has 1 N–H and O–H groups in total. The smallest absolute Gasteiger partial charge is 0.338 e. The Bertz CT molecular complexity index is 818. The number of carbonyl (C=O) groups is 3. The number of amides is 2. The zero-order valence-electron chi connectivity index (χ0n) is 15.2. The Morgan fingerprint density at radius 1 is 1.11 bits per heavy atom. The molecule has 140 valence electrons. The lowest BCUT2D eigenvalue weighted by Crippen LogP contribution is -2.35. The predicted molar refractivity (Wildman–Crippen MR) is 101 cm³/mol. The maximum Gasteiger partial charge on any atom is 0.338 e. The summed E-state index contributed by atoms with van der Waals surface area (Å²) in [7, 11) is 0. The van der Waals surface area contributed by atoms with Crippen LogP contribution in [0.2, 0.25) is 0 Å². The van der Waals surface area contributed by atoms with Gasteiger partial charge in [0.2, 0.25) is 5.91 Å². The largest absolute Gasteiger partial charge is 0.449 e. The average Bonchev–Trinajstić information content (AvgIpc) is 3.12. The average molecular weight is 366 g/mol. The maximum atomic E-state index is 12.2. The van der Waals surface area contributed by atoms with E-state index < -0.39 is 12.1 Å². The molecule has 0 spiro atoms. The Labute approximate surface area is 158 Å². The van der Waals surface area contributed by atoms with Crippen molar-refractivity contribution in [2.75, 3.05) is 11.4 Å². The fourth-order valence-corrected chi connectivity index (χ4v) is 2.91. The van der Waals surface area contributed by atoms with E-state index >= 15 is 0 Å². The van der Waals surface area contributed by atoms with Crippen molar-refractivity contribution in [3.05, 3.63) is 65.7 Å². The van der Waals surface area contributed by atoms with Crippen LogP contribution >= 0.6 is 0 Å². The van der Waals surface area contributed by atoms with Gasteiger partial charge in [-0.3, -0.25) is 9.59 Å². The lowest BCUT2D eigenvalue weighted by atomic mass is 10.2. The van der Waals surface area contributed by atoms with Crippen molar-refractivity contribution in [3.8, 4) is 0 Å². The zero-order chi connectivity index (χ0) is 19.2. The summed E-state index contributed by atoms with van der Waals surface area (Å²) in [5.41, 5.74) is 2.08. The number of hydrogen-bond donors (Lipinski definition) is 1. The number of nitrogens with zero attached hydrogens (tertiary/aromatic N) is 1. The van der Waals surface area contributed by atoms with Gasteiger partial charge in [0.25, 0.3) is 5.91 Å². The Morgan fingerprint density at radius 2 is 1.81 bits per heavy atom. The predicted octanol–water partition coefficient (Wildman–Crippen LogP) is 2.68. The van der Waals surface area contributed by atoms with Gasteiger partial charge in [-0.25, -0.2) is 4.79 Å². The molecule has 1 heterocycles. The van der Waals surface area contributed by atoms with Crippen molar-refractivity contribution in [2.24, 2.45) is 0 Å². The standard InChI is InChI=1S/C21H22N2O4/c1-15(20(25)22-14-16-6-3-2-4-7-16)27-21(26)17-9-11-18(12-10-17)23-13-5-8-19(23)24/h2-4,6-7,9-12,15H,5,8,13-14H2,1H3,(H,22,25)/t15-/m1/s1. The minimum atomic E-state index is -0.902. The second-order valence-corrected chi connectivity index (χ2v) is 6.45. The van der Waals surface area contributed by atoms with Crippen molar-refractivity contribution >= 4 is 23.5 Å². The van der Waals surface area contributed by atoms with E-state index in [1.54, 1.807) is 29.2 Å². The van der Waals surface area contributed by atoms with E-state index in [1.165, 1.54) is 6.92 Å². The molecule has 3 rings (SSSR count). The van der Waals surface area contributed by atoms with Gasteiger partial charge in [0.15, 0.2) is 6.10 Å². The zero-order valence-corrected chi connectivity index (χ0v) is 15.2. The molecule has 1 saturated heterocycles. The maximum absolute atomic E-state index is 12.2. The first-order valence-corrected chi connectivity index (χ1v) is 8.97. The van der Waals surface area contributed by atoms with Gasteiger partial charge in [0.1, 0.15) is 0 Å². The summed E-state index contributed by atoms with van der Waals surface area (Å²) in [5.74, 6) is -0.836. The van der Waals surface area contributed by atoms with Crippen molar-refractivity contribution in [1.29, 1.82) is 0 Å². The Balaban J connectivity index is 1.53. The second-order valence-electron chi connectivity index (χ2n) is 6.45. The van der Waals surface area contributed by atoms with E-state index in [4.69, 9.17) is 4.74 Å². The number of nitrogens with one attached hydrogen (secondary N) is 1. The van der Waals surface area contributed by atoms with Gasteiger partial charge in [-0.1, -0.05) is 30.3 Å². The number of benzene rings is 2. The molecular formula is C21H22N2O4. The van der Waals surface area contributed by atoms with E-state index in [0.29, 0.717) is 25.1 Å². The van der Waals surface area contributed by atoms with Gasteiger partial charge < -0.3 is 15.0 Å². The number of anilines is 1. The topological polar surface area (TPSA) is 75.7 Å². The summed E-state index contributed by atoms with van der Waals surface area (Å²) in [4.78, 5) is 37.8. The number of rotatable bonds is 6. The van der Waals surface area contributed by atoms with Crippen LogP contribution in [0, 0.1) is 0 Å². The quantitative estimate of drug-likeness (QED) is 0.798. The summed E-state index contributed by atoms with van der Waals surface area (Å²) >= 11 is 0. The molecule has 2 aromatic carbocycles. The van der Waals surface area contributed by atoms with Crippen molar-refractivity contribution in [2.45, 2.75) is 32.4 Å². The summed E-state index contributed by atoms with van der Waals surface area (Å²) < 4.78 is 5.24. The van der Waals surface area contributed by atoms with E-state index in [2.05, 4.69) is 5.32 Å². The first-order chi connectivity index (χ1) is 13.0. The first kappa shape index (κ1) is 18.6. The molecule has 27 heavy (non-hydrogen) atoms. The van der Waals surface area contributed by atoms with Crippen LogP contribution in [-0.4, -0.2) is 30.4 Å². The Kier molecular flexibility index (Phi) is 5.86. The fraction of sp³-hybridized carbons (Fsp3) is 0.286. The molecule has 0 unspecified atom stereocenters. The van der Waals surface area contributed by atoms with E-state index in [1.807, 2.05) is 30.3 Å². The van der Waals surface area contributed by atoms with Crippen LogP contribution in [-0.2, 0) is 20.9 Å². The highest BCUT2D eigenvalue weighted by atomic mass is 16.5. The van der Waals surface area contributed by atoms with Crippen LogP contribution in [0.5, 0.6) is 0 Å². The molecule has 0 bridgehead atoms. The second kappa shape index (κ2) is 8.49. The minimum absolute atomic E-state index is 0.0917. The van der Waals surface area contributed by atoms with Crippen molar-refractivity contribution in [1.82, 2.24) is 5.32 Å². The highest BCUT2D eigenvalue weighted by Gasteiger charge is 2.22. The van der Waals surface area contributed by atoms with E-state index in [9.17, 15) is 14.4 Å². The van der Waals surface area contributed by atoms with Gasteiger partial charge >= 0.3 is 5.97 Å². The Morgan fingerprint density at radius 3 is 2.44 bits per heavy atom. The number of hydrogen-bond acceptors (Lipinski definition) is 4. The van der Waals surface area contributed by atoms with Crippen LogP contribution in [0.15, 0.2) is 54.6 Å². The third-order valence-corrected chi connectivity index (χ3v) is 4.45. The van der Waals surface area contributed by atoms with Gasteiger partial charge in [-0.05, 0) is 43.2 Å². The summed E-state index contributed by atoms with van der Waals surface area (Å²) in [6, 6.07) is 16.2. The van der Waals surface area contributed by atoms with E-state index in [0.717, 1.165) is 17.7 Å². The number of ether oxygens (including phenoxy) is 1. The van der Waals surface area contributed by atoms with Crippen LogP contribution in [0.25, 0.3) is 0 Å². The first-order valence-electron chi connectivity index (χ1n) is 8.97. The monoisotopic (exact) mass is 366 g/mol. The molecule has 2 aromatic rings. The van der Waals surface area contributed by atoms with Gasteiger partial charge in [0.05, 0.1) is 5.56 Å². The number of carbonyl (C=O) groups excluding carboxylic acids is 3. The molecule has 2 amide bonds. The lowest BCUT2D eigenvalue weighted by molar-refractivity contribution is -0.129. The van der Waals surface area contributed by atoms with Gasteiger partial charge in [-0.15, -0.1) is 0 Å². The molecule has 1 aliphatic heterocycles. The summed E-state index contributed by atoms with van der Waals surface area (Å²) in [5, 5.41) is 2.75. The van der Waals surface area contributed by atoms with Crippen molar-refractivity contribution in [3.63, 3.8) is 0 Å². The SMILES string of the molecule is C[C@@H](OC(=O)c1ccc(N2CCCC2=O)cc1)C(=O)NCc1ccccc1. The molecule has 6 nitrogen and oxygen atoms in total. The fourth-order valence-electron chi connectivity index (χ4n) is 2.91. The molecular weight excluding hydrogens is 344 g/mol. The third kappa shape index (κ3) is 4.73. The number of esters is 1. The van der Waals surface area contributed by atoms with E-state index in [-0.39, 0.29) is 11.8 Å². The highest BCUT2D eigenvalue weighted by Crippen LogP contribution is 2.21. The molecule has 6 heteroatoms. The molecule has 1 aliphatic rings. The van der Waals surface area contributed by atoms with Crippen LogP contribution < -0.4 is 10.2 Å². The van der Waals surface area contributed by atoms with Gasteiger partial charge in [-0.2, -0.15) is 0 Å². The molecule has 1 atom stereocenters. The lowest BCUT2D eigenvalue weighted by Gasteiger charge is -2.16. The van der Waals surface area contributed by atoms with Crippen LogP contribution in [0.4, 0.5) is 5.69 Å². The minimum Gasteiger partial charge on any atom is -0.449 e. The highest BCUT2D eigenvalue weighted by molar-refractivity contribution is 5.96. The third-order valence-electron chi connectivity index (χ3n) is 4.45. The molecule has 0 radical (unpaired) electrons. The molecule has 0 saturated carbocycles. The van der Waals surface area contributed by atoms with Crippen LogP contribution in [0.3, 0.4) is 0 Å². The summed E-state index contributed by atoms with van der Waals surface area (Å²) in [6.45, 7) is 2.61. The van der Waals surface area contributed by atoms with Gasteiger partial charge in [0, 0.05) is 25.2 Å². The van der Waals surface area contributed by atoms with Crippen LogP contribution in [0.1, 0.15) is 35.7 Å². The van der Waals surface area contributed by atoms with Crippen molar-refractivity contribution < 1.29 is 19.1 Å².